The number of carbonyl (C=O) groups is 1. The van der Waals surface area contributed by atoms with E-state index in [1.807, 2.05) is 18.2 Å². The van der Waals surface area contributed by atoms with E-state index in [9.17, 15) is 4.79 Å². The zero-order valence-electron chi connectivity index (χ0n) is 20.2. The molecule has 1 amide bonds. The van der Waals surface area contributed by atoms with Gasteiger partial charge in [-0.05, 0) is 55.4 Å². The highest BCUT2D eigenvalue weighted by molar-refractivity contribution is 5.91. The predicted octanol–water partition coefficient (Wildman–Crippen LogP) is 4.33. The van der Waals surface area contributed by atoms with Crippen LogP contribution in [0.2, 0.25) is 0 Å². The molecule has 35 heavy (non-hydrogen) atoms. The summed E-state index contributed by atoms with van der Waals surface area (Å²) >= 11 is 0. The highest BCUT2D eigenvalue weighted by atomic mass is 16.2. The number of allylic oxidation sites excluding steroid dienone is 1. The first-order valence-electron chi connectivity index (χ1n) is 12.9. The number of nitrogens with one attached hydrogen (secondary N) is 1. The summed E-state index contributed by atoms with van der Waals surface area (Å²) in [6, 6.07) is 7.83. The summed E-state index contributed by atoms with van der Waals surface area (Å²) in [6.07, 6.45) is 17.7. The second-order valence-corrected chi connectivity index (χ2v) is 9.75. The van der Waals surface area contributed by atoms with Crippen LogP contribution in [0.3, 0.4) is 0 Å². The third kappa shape index (κ3) is 6.38. The average Bonchev–Trinajstić information content (AvgIpc) is 3.53. The monoisotopic (exact) mass is 471 g/mol. The van der Waals surface area contributed by atoms with Crippen molar-refractivity contribution in [3.05, 3.63) is 70.6 Å². The Hall–Kier alpha value is -3.42. The molecule has 0 atom stereocenters. The first-order valence-corrected chi connectivity index (χ1v) is 12.9. The van der Waals surface area contributed by atoms with Crippen molar-refractivity contribution < 1.29 is 4.79 Å². The van der Waals surface area contributed by atoms with E-state index in [0.717, 1.165) is 48.7 Å². The van der Waals surface area contributed by atoms with E-state index >= 15 is 0 Å². The molecule has 1 fully saturated rings. The second-order valence-electron chi connectivity index (χ2n) is 9.75. The van der Waals surface area contributed by atoms with Gasteiger partial charge < -0.3 is 5.32 Å². The predicted molar refractivity (Wildman–Crippen MR) is 133 cm³/mol. The number of amides is 1. The molecule has 5 rings (SSSR count). The Labute approximate surface area is 206 Å². The Morgan fingerprint density at radius 3 is 2.83 bits per heavy atom. The summed E-state index contributed by atoms with van der Waals surface area (Å²) in [7, 11) is 0. The molecule has 1 saturated carbocycles. The number of nitrogens with zero attached hydrogens (tertiary/aromatic N) is 6. The standard InChI is InChI=1S/C27H33N7O/c35-27(29-18-24-11-4-6-12-28-24)26-19-34(33-32-26)13-7-5-10-23-17-22-15-21(16-25(22)31-30-23)14-20-8-2-1-3-9-20/h4,6,11-12,15,17,19-20H,1-3,5,7-10,13-14,16,18H2,(H,29,35). The largest absolute Gasteiger partial charge is 0.345 e. The summed E-state index contributed by atoms with van der Waals surface area (Å²) < 4.78 is 1.73. The minimum Gasteiger partial charge on any atom is -0.345 e. The molecule has 0 unspecified atom stereocenters. The van der Waals surface area contributed by atoms with Crippen LogP contribution in [0.25, 0.3) is 6.08 Å². The second kappa shape index (κ2) is 11.3. The molecule has 2 aliphatic rings. The van der Waals surface area contributed by atoms with Gasteiger partial charge in [-0.3, -0.25) is 14.5 Å². The molecule has 0 bridgehead atoms. The highest BCUT2D eigenvalue weighted by Crippen LogP contribution is 2.33. The van der Waals surface area contributed by atoms with Crippen LogP contribution in [-0.2, 0) is 25.9 Å². The van der Waals surface area contributed by atoms with Gasteiger partial charge in [0, 0.05) is 19.2 Å². The molecule has 3 aromatic heterocycles. The third-order valence-corrected chi connectivity index (χ3v) is 6.98. The lowest BCUT2D eigenvalue weighted by Crippen LogP contribution is -2.23. The fourth-order valence-corrected chi connectivity index (χ4v) is 5.09. The van der Waals surface area contributed by atoms with Crippen LogP contribution in [0, 0.1) is 5.92 Å². The van der Waals surface area contributed by atoms with Gasteiger partial charge in [-0.2, -0.15) is 10.2 Å². The maximum atomic E-state index is 12.3. The van der Waals surface area contributed by atoms with Crippen molar-refractivity contribution >= 4 is 12.0 Å². The van der Waals surface area contributed by atoms with E-state index in [-0.39, 0.29) is 5.91 Å². The first-order chi connectivity index (χ1) is 17.2. The molecule has 2 aliphatic carbocycles. The van der Waals surface area contributed by atoms with Crippen LogP contribution in [0.1, 0.15) is 84.5 Å². The van der Waals surface area contributed by atoms with Crippen molar-refractivity contribution in [2.45, 2.75) is 77.3 Å². The zero-order chi connectivity index (χ0) is 23.9. The third-order valence-electron chi connectivity index (χ3n) is 6.98. The number of fused-ring (bicyclic) bond motifs is 1. The summed E-state index contributed by atoms with van der Waals surface area (Å²) in [5.41, 5.74) is 6.10. The number of pyridine rings is 1. The first kappa shape index (κ1) is 23.3. The molecule has 182 valence electrons. The summed E-state index contributed by atoms with van der Waals surface area (Å²) in [5, 5.41) is 19.9. The van der Waals surface area contributed by atoms with Crippen LogP contribution in [0.4, 0.5) is 0 Å². The van der Waals surface area contributed by atoms with Crippen molar-refractivity contribution in [2.24, 2.45) is 5.92 Å². The van der Waals surface area contributed by atoms with Gasteiger partial charge in [0.2, 0.25) is 0 Å². The Kier molecular flexibility index (Phi) is 7.56. The lowest BCUT2D eigenvalue weighted by atomic mass is 9.84. The van der Waals surface area contributed by atoms with Crippen LogP contribution in [-0.4, -0.2) is 36.1 Å². The van der Waals surface area contributed by atoms with Crippen LogP contribution >= 0.6 is 0 Å². The number of aryl methyl sites for hydroxylation is 2. The van der Waals surface area contributed by atoms with Crippen molar-refractivity contribution in [3.8, 4) is 0 Å². The Bertz CT molecular complexity index is 1170. The van der Waals surface area contributed by atoms with Crippen LogP contribution < -0.4 is 5.32 Å². The van der Waals surface area contributed by atoms with E-state index in [1.165, 1.54) is 49.7 Å². The van der Waals surface area contributed by atoms with E-state index < -0.39 is 0 Å². The lowest BCUT2D eigenvalue weighted by molar-refractivity contribution is 0.0945. The minimum absolute atomic E-state index is 0.244. The van der Waals surface area contributed by atoms with Gasteiger partial charge in [0.05, 0.1) is 29.8 Å². The van der Waals surface area contributed by atoms with Crippen molar-refractivity contribution in [2.75, 3.05) is 0 Å². The molecule has 8 nitrogen and oxygen atoms in total. The normalized spacial score (nSPS) is 15.6. The van der Waals surface area contributed by atoms with Gasteiger partial charge in [0.25, 0.3) is 5.91 Å². The van der Waals surface area contributed by atoms with Crippen molar-refractivity contribution in [3.63, 3.8) is 0 Å². The van der Waals surface area contributed by atoms with E-state index in [4.69, 9.17) is 0 Å². The molecule has 3 aromatic rings. The SMILES string of the molecule is O=C(NCc1ccccn1)c1cn(CCCCc2cc3c(nn2)CC(CC2CCCCC2)=C3)nn1. The topological polar surface area (TPSA) is 98.5 Å². The van der Waals surface area contributed by atoms with Gasteiger partial charge in [-0.1, -0.05) is 55.0 Å². The lowest BCUT2D eigenvalue weighted by Gasteiger charge is -2.21. The molecule has 3 heterocycles. The quantitative estimate of drug-likeness (QED) is 0.442. The van der Waals surface area contributed by atoms with Gasteiger partial charge in [-0.15, -0.1) is 5.10 Å². The van der Waals surface area contributed by atoms with E-state index in [1.54, 1.807) is 17.1 Å². The molecule has 0 aromatic carbocycles. The van der Waals surface area contributed by atoms with Crippen LogP contribution in [0.15, 0.2) is 42.2 Å². The number of aromatic nitrogens is 6. The Morgan fingerprint density at radius 2 is 1.97 bits per heavy atom. The average molecular weight is 472 g/mol. The molecule has 1 N–H and O–H groups in total. The number of carbonyl (C=O) groups excluding carboxylic acids is 1. The maximum absolute atomic E-state index is 12.3. The molecule has 0 saturated heterocycles. The van der Waals surface area contributed by atoms with E-state index in [0.29, 0.717) is 18.8 Å². The van der Waals surface area contributed by atoms with Gasteiger partial charge >= 0.3 is 0 Å². The van der Waals surface area contributed by atoms with Gasteiger partial charge in [0.1, 0.15) is 0 Å². The molecule has 0 spiro atoms. The number of unbranched alkanes of at least 4 members (excludes halogenated alkanes) is 1. The zero-order valence-corrected chi connectivity index (χ0v) is 20.2. The fraction of sp³-hybridized carbons (Fsp3) is 0.481. The van der Waals surface area contributed by atoms with Gasteiger partial charge in [0.15, 0.2) is 5.69 Å². The minimum atomic E-state index is -0.244. The van der Waals surface area contributed by atoms with Crippen LogP contribution in [0.5, 0.6) is 0 Å². The van der Waals surface area contributed by atoms with Gasteiger partial charge in [-0.25, -0.2) is 0 Å². The smallest absolute Gasteiger partial charge is 0.273 e. The summed E-state index contributed by atoms with van der Waals surface area (Å²) in [4.78, 5) is 16.5. The molecular formula is C27H33N7O. The fourth-order valence-electron chi connectivity index (χ4n) is 5.09. The molecule has 8 heteroatoms. The molecular weight excluding hydrogens is 438 g/mol. The highest BCUT2D eigenvalue weighted by Gasteiger charge is 2.20. The van der Waals surface area contributed by atoms with Crippen molar-refractivity contribution in [1.29, 1.82) is 0 Å². The van der Waals surface area contributed by atoms with Crippen molar-refractivity contribution in [1.82, 2.24) is 35.5 Å². The molecule has 0 aliphatic heterocycles. The Morgan fingerprint density at radius 1 is 1.06 bits per heavy atom. The number of rotatable bonds is 10. The van der Waals surface area contributed by atoms with E-state index in [2.05, 4.69) is 43.0 Å². The Balaban J connectivity index is 1.05. The number of hydrogen-bond acceptors (Lipinski definition) is 6. The summed E-state index contributed by atoms with van der Waals surface area (Å²) in [6.45, 7) is 1.08. The summed E-state index contributed by atoms with van der Waals surface area (Å²) in [5.74, 6) is 0.618. The number of hydrogen-bond donors (Lipinski definition) is 1. The molecule has 0 radical (unpaired) electrons. The maximum Gasteiger partial charge on any atom is 0.273 e.